The fraction of sp³-hybridized carbons (Fsp3) is 0.393. The quantitative estimate of drug-likeness (QED) is 0.414. The summed E-state index contributed by atoms with van der Waals surface area (Å²) >= 11 is 0. The van der Waals surface area contributed by atoms with Crippen LogP contribution in [0, 0.1) is 5.92 Å². The lowest BCUT2D eigenvalue weighted by Crippen LogP contribution is -2.52. The van der Waals surface area contributed by atoms with Gasteiger partial charge in [-0.25, -0.2) is 8.42 Å². The highest BCUT2D eigenvalue weighted by atomic mass is 32.2. The first kappa shape index (κ1) is 28.3. The van der Waals surface area contributed by atoms with Gasteiger partial charge in [-0.05, 0) is 61.6 Å². The molecule has 4 rings (SSSR count). The number of ether oxygens (including phenoxy) is 1. The average Bonchev–Trinajstić information content (AvgIpc) is 3.26. The smallest absolute Gasteiger partial charge is 0.287 e. The Labute approximate surface area is 227 Å². The predicted molar refractivity (Wildman–Crippen MR) is 145 cm³/mol. The number of methoxy groups -OCH3 is 1. The minimum absolute atomic E-state index is 0.0592. The fourth-order valence-electron chi connectivity index (χ4n) is 4.55. The molecule has 2 heterocycles. The van der Waals surface area contributed by atoms with Crippen molar-refractivity contribution < 1.29 is 32.0 Å². The molecular formula is C28H33N3O7S. The molecule has 11 heteroatoms. The molecule has 39 heavy (non-hydrogen) atoms. The highest BCUT2D eigenvalue weighted by Gasteiger charge is 2.34. The molecule has 0 aliphatic carbocycles. The van der Waals surface area contributed by atoms with Crippen LogP contribution in [0.15, 0.2) is 63.9 Å². The number of carbonyl (C=O) groups is 3. The summed E-state index contributed by atoms with van der Waals surface area (Å²) in [7, 11) is -2.42. The van der Waals surface area contributed by atoms with Crippen molar-refractivity contribution in [2.75, 3.05) is 20.2 Å². The van der Waals surface area contributed by atoms with E-state index in [0.717, 1.165) is 9.69 Å². The number of amides is 2. The molecule has 3 aromatic rings. The minimum Gasteiger partial charge on any atom is -0.497 e. The minimum atomic E-state index is -3.91. The first-order chi connectivity index (χ1) is 18.6. The monoisotopic (exact) mass is 555 g/mol. The van der Waals surface area contributed by atoms with Crippen molar-refractivity contribution >= 4 is 38.6 Å². The number of nitrogens with zero attached hydrogens (tertiary/aromatic N) is 1. The molecule has 1 unspecified atom stereocenters. The zero-order chi connectivity index (χ0) is 28.2. The van der Waals surface area contributed by atoms with Gasteiger partial charge in [-0.15, -0.1) is 0 Å². The number of rotatable bonds is 9. The zero-order valence-electron chi connectivity index (χ0n) is 22.2. The predicted octanol–water partition coefficient (Wildman–Crippen LogP) is 3.12. The number of Topliss-reactive ketones (excluding diaryl/α,β-unsaturated/α-hetero) is 1. The number of benzene rings is 2. The molecule has 0 radical (unpaired) electrons. The van der Waals surface area contributed by atoms with Crippen LogP contribution in [0.3, 0.4) is 0 Å². The number of nitrogens with one attached hydrogen (secondary N) is 2. The normalized spacial score (nSPS) is 17.5. The van der Waals surface area contributed by atoms with Crippen LogP contribution in [-0.2, 0) is 19.6 Å². The molecule has 10 nitrogen and oxygen atoms in total. The van der Waals surface area contributed by atoms with Gasteiger partial charge in [0.2, 0.25) is 15.9 Å². The standard InChI is InChI=1S/C28H33N3O7S/c1-18(2)15-23(30-28(34)26-16-19-7-4-5-9-25(19)38-26)27(33)29-22-8-6-14-31(17-24(22)32)39(35,36)21-12-10-20(37-3)11-13-21/h4-5,7,9-13,16,18,22-23H,6,8,14-15,17H2,1-3H3,(H,29,33)(H,30,34)/t22-,23?/m0/s1. The van der Waals surface area contributed by atoms with Gasteiger partial charge in [0, 0.05) is 11.9 Å². The maximum absolute atomic E-state index is 13.3. The second-order valence-electron chi connectivity index (χ2n) is 9.99. The van der Waals surface area contributed by atoms with Crippen LogP contribution in [0.1, 0.15) is 43.7 Å². The Balaban J connectivity index is 1.43. The van der Waals surface area contributed by atoms with Crippen molar-refractivity contribution in [3.63, 3.8) is 0 Å². The van der Waals surface area contributed by atoms with Crippen molar-refractivity contribution in [1.29, 1.82) is 0 Å². The second kappa shape index (κ2) is 12.0. The Morgan fingerprint density at radius 2 is 1.85 bits per heavy atom. The number of para-hydroxylation sites is 1. The lowest BCUT2D eigenvalue weighted by atomic mass is 10.0. The fourth-order valence-corrected chi connectivity index (χ4v) is 5.99. The van der Waals surface area contributed by atoms with Gasteiger partial charge in [0.25, 0.3) is 5.91 Å². The van der Waals surface area contributed by atoms with Crippen molar-refractivity contribution in [2.45, 2.75) is 50.1 Å². The molecular weight excluding hydrogens is 522 g/mol. The van der Waals surface area contributed by atoms with Gasteiger partial charge in [-0.3, -0.25) is 14.4 Å². The molecule has 2 aromatic carbocycles. The van der Waals surface area contributed by atoms with Gasteiger partial charge < -0.3 is 19.8 Å². The molecule has 2 atom stereocenters. The van der Waals surface area contributed by atoms with Crippen LogP contribution in [-0.4, -0.2) is 62.6 Å². The molecule has 2 N–H and O–H groups in total. The molecule has 1 saturated heterocycles. The van der Waals surface area contributed by atoms with E-state index in [1.807, 2.05) is 26.0 Å². The van der Waals surface area contributed by atoms with Crippen LogP contribution in [0.2, 0.25) is 0 Å². The molecule has 2 amide bonds. The molecule has 0 bridgehead atoms. The summed E-state index contributed by atoms with van der Waals surface area (Å²) in [6.07, 6.45) is 1.01. The summed E-state index contributed by atoms with van der Waals surface area (Å²) in [5.41, 5.74) is 0.561. The summed E-state index contributed by atoms with van der Waals surface area (Å²) in [4.78, 5) is 39.3. The Morgan fingerprint density at radius 3 is 2.51 bits per heavy atom. The molecule has 1 aliphatic heterocycles. The summed E-state index contributed by atoms with van der Waals surface area (Å²) in [5, 5.41) is 6.26. The summed E-state index contributed by atoms with van der Waals surface area (Å²) in [6, 6.07) is 13.0. The number of ketones is 1. The summed E-state index contributed by atoms with van der Waals surface area (Å²) in [5.74, 6) is -0.764. The van der Waals surface area contributed by atoms with E-state index in [9.17, 15) is 22.8 Å². The molecule has 1 fully saturated rings. The third kappa shape index (κ3) is 6.66. The Bertz CT molecular complexity index is 1410. The summed E-state index contributed by atoms with van der Waals surface area (Å²) in [6.45, 7) is 3.63. The van der Waals surface area contributed by atoms with E-state index < -0.39 is 39.7 Å². The highest BCUT2D eigenvalue weighted by molar-refractivity contribution is 7.89. The van der Waals surface area contributed by atoms with Crippen LogP contribution < -0.4 is 15.4 Å². The number of fused-ring (bicyclic) bond motifs is 1. The number of sulfonamides is 1. The topological polar surface area (TPSA) is 135 Å². The molecule has 0 spiro atoms. The number of hydrogen-bond donors (Lipinski definition) is 2. The first-order valence-corrected chi connectivity index (χ1v) is 14.3. The molecule has 0 saturated carbocycles. The lowest BCUT2D eigenvalue weighted by molar-refractivity contribution is -0.129. The van der Waals surface area contributed by atoms with Gasteiger partial charge >= 0.3 is 0 Å². The van der Waals surface area contributed by atoms with Gasteiger partial charge in [0.15, 0.2) is 11.5 Å². The van der Waals surface area contributed by atoms with E-state index in [2.05, 4.69) is 10.6 Å². The molecule has 208 valence electrons. The summed E-state index contributed by atoms with van der Waals surface area (Å²) < 4.78 is 38.2. The maximum Gasteiger partial charge on any atom is 0.287 e. The number of hydrogen-bond acceptors (Lipinski definition) is 7. The van der Waals surface area contributed by atoms with Crippen LogP contribution in [0.5, 0.6) is 5.75 Å². The van der Waals surface area contributed by atoms with E-state index in [4.69, 9.17) is 9.15 Å². The van der Waals surface area contributed by atoms with Crippen LogP contribution in [0.25, 0.3) is 11.0 Å². The van der Waals surface area contributed by atoms with Crippen LogP contribution in [0.4, 0.5) is 0 Å². The van der Waals surface area contributed by atoms with Crippen molar-refractivity contribution in [3.05, 3.63) is 60.4 Å². The van der Waals surface area contributed by atoms with Gasteiger partial charge in [0.05, 0.1) is 24.6 Å². The molecule has 1 aliphatic rings. The van der Waals surface area contributed by atoms with Gasteiger partial charge in [0.1, 0.15) is 17.4 Å². The Hall–Kier alpha value is -3.70. The van der Waals surface area contributed by atoms with Crippen molar-refractivity contribution in [1.82, 2.24) is 14.9 Å². The van der Waals surface area contributed by atoms with E-state index >= 15 is 0 Å². The lowest BCUT2D eigenvalue weighted by Gasteiger charge is -2.23. The second-order valence-corrected chi connectivity index (χ2v) is 11.9. The Kier molecular flexibility index (Phi) is 8.71. The van der Waals surface area contributed by atoms with Gasteiger partial charge in [-0.1, -0.05) is 32.0 Å². The van der Waals surface area contributed by atoms with Gasteiger partial charge in [-0.2, -0.15) is 4.31 Å². The van der Waals surface area contributed by atoms with Crippen LogP contribution >= 0.6 is 0 Å². The van der Waals surface area contributed by atoms with Crippen molar-refractivity contribution in [2.24, 2.45) is 5.92 Å². The van der Waals surface area contributed by atoms with E-state index in [0.29, 0.717) is 24.2 Å². The zero-order valence-corrected chi connectivity index (χ0v) is 23.0. The third-order valence-electron chi connectivity index (χ3n) is 6.61. The highest BCUT2D eigenvalue weighted by Crippen LogP contribution is 2.22. The average molecular weight is 556 g/mol. The molecule has 1 aromatic heterocycles. The van der Waals surface area contributed by atoms with E-state index in [1.165, 1.54) is 19.2 Å². The number of carbonyl (C=O) groups excluding carboxylic acids is 3. The third-order valence-corrected chi connectivity index (χ3v) is 8.47. The van der Waals surface area contributed by atoms with E-state index in [-0.39, 0.29) is 36.1 Å². The first-order valence-electron chi connectivity index (χ1n) is 12.8. The Morgan fingerprint density at radius 1 is 1.13 bits per heavy atom. The van der Waals surface area contributed by atoms with E-state index in [1.54, 1.807) is 30.3 Å². The number of furan rings is 1. The SMILES string of the molecule is COc1ccc(S(=O)(=O)N2CCC[C@H](NC(=O)C(CC(C)C)NC(=O)c3cc4ccccc4o3)C(=O)C2)cc1. The largest absolute Gasteiger partial charge is 0.497 e. The van der Waals surface area contributed by atoms with Crippen molar-refractivity contribution in [3.8, 4) is 5.75 Å². The maximum atomic E-state index is 13.3.